The first-order chi connectivity index (χ1) is 13.9. The topological polar surface area (TPSA) is 64.8 Å². The highest BCUT2D eigenvalue weighted by molar-refractivity contribution is 5.94. The summed E-state index contributed by atoms with van der Waals surface area (Å²) in [5, 5.41) is 4.11. The van der Waals surface area contributed by atoms with Gasteiger partial charge in [0.1, 0.15) is 23.0 Å². The summed E-state index contributed by atoms with van der Waals surface area (Å²) in [4.78, 5) is 14.5. The first-order valence-electron chi connectivity index (χ1n) is 9.17. The Morgan fingerprint density at radius 1 is 1.10 bits per heavy atom. The number of methoxy groups -OCH3 is 2. The van der Waals surface area contributed by atoms with Gasteiger partial charge in [0.15, 0.2) is 5.76 Å². The molecule has 0 aliphatic heterocycles. The maximum Gasteiger partial charge on any atom is 0.254 e. The zero-order valence-corrected chi connectivity index (χ0v) is 16.8. The van der Waals surface area contributed by atoms with Crippen molar-refractivity contribution < 1.29 is 23.2 Å². The summed E-state index contributed by atoms with van der Waals surface area (Å²) in [7, 11) is 3.16. The Hall–Kier alpha value is -3.35. The fourth-order valence-electron chi connectivity index (χ4n) is 2.94. The van der Waals surface area contributed by atoms with Gasteiger partial charge in [0, 0.05) is 17.7 Å². The first kappa shape index (κ1) is 20.4. The monoisotopic (exact) mass is 398 g/mol. The van der Waals surface area contributed by atoms with Crippen molar-refractivity contribution in [3.63, 3.8) is 0 Å². The van der Waals surface area contributed by atoms with Crippen LogP contribution in [0.25, 0.3) is 11.3 Å². The van der Waals surface area contributed by atoms with Crippen LogP contribution in [0.5, 0.6) is 11.5 Å². The lowest BCUT2D eigenvalue weighted by atomic mass is 10.1. The molecule has 3 rings (SSSR count). The minimum absolute atomic E-state index is 0.0842. The lowest BCUT2D eigenvalue weighted by Gasteiger charge is -2.25. The first-order valence-corrected chi connectivity index (χ1v) is 9.17. The molecule has 6 nitrogen and oxygen atoms in total. The molecule has 0 aliphatic rings. The van der Waals surface area contributed by atoms with Crippen molar-refractivity contribution in [3.8, 4) is 22.8 Å². The average Bonchev–Trinajstić information content (AvgIpc) is 3.20. The number of aromatic nitrogens is 1. The quantitative estimate of drug-likeness (QED) is 0.584. The molecule has 3 aromatic rings. The van der Waals surface area contributed by atoms with E-state index in [1.54, 1.807) is 43.4 Å². The maximum absolute atomic E-state index is 13.2. The van der Waals surface area contributed by atoms with Crippen molar-refractivity contribution in [1.29, 1.82) is 0 Å². The van der Waals surface area contributed by atoms with Gasteiger partial charge in [-0.3, -0.25) is 4.79 Å². The lowest BCUT2D eigenvalue weighted by Crippen LogP contribution is -2.36. The molecule has 0 radical (unpaired) electrons. The molecule has 1 amide bonds. The van der Waals surface area contributed by atoms with Crippen LogP contribution in [0, 0.1) is 5.82 Å². The molecule has 2 aromatic carbocycles. The SMILES string of the molecule is COc1ccc(OC)c(-c2cc(CN(C(=O)c3ccc(F)cc3)C(C)C)no2)c1. The van der Waals surface area contributed by atoms with E-state index in [2.05, 4.69) is 5.16 Å². The van der Waals surface area contributed by atoms with E-state index in [1.807, 2.05) is 13.8 Å². The molecular weight excluding hydrogens is 375 g/mol. The Kier molecular flexibility index (Phi) is 6.16. The Balaban J connectivity index is 1.85. The second-order valence-corrected chi connectivity index (χ2v) is 6.78. The molecule has 0 N–H and O–H groups in total. The molecular formula is C22H23FN2O4. The van der Waals surface area contributed by atoms with Crippen molar-refractivity contribution in [2.24, 2.45) is 0 Å². The molecule has 0 unspecified atom stereocenters. The normalized spacial score (nSPS) is 10.8. The smallest absolute Gasteiger partial charge is 0.254 e. The minimum atomic E-state index is -0.383. The van der Waals surface area contributed by atoms with E-state index in [0.717, 1.165) is 0 Å². The number of carbonyl (C=O) groups excluding carboxylic acids is 1. The van der Waals surface area contributed by atoms with Gasteiger partial charge < -0.3 is 18.9 Å². The molecule has 0 bridgehead atoms. The molecule has 0 atom stereocenters. The molecule has 7 heteroatoms. The number of amides is 1. The van der Waals surface area contributed by atoms with Gasteiger partial charge in [-0.05, 0) is 56.3 Å². The number of hydrogen-bond acceptors (Lipinski definition) is 5. The summed E-state index contributed by atoms with van der Waals surface area (Å²) in [6.45, 7) is 4.07. The highest BCUT2D eigenvalue weighted by Crippen LogP contribution is 2.34. The second kappa shape index (κ2) is 8.77. The van der Waals surface area contributed by atoms with Crippen molar-refractivity contribution in [2.75, 3.05) is 14.2 Å². The maximum atomic E-state index is 13.2. The minimum Gasteiger partial charge on any atom is -0.497 e. The van der Waals surface area contributed by atoms with Gasteiger partial charge >= 0.3 is 0 Å². The van der Waals surface area contributed by atoms with E-state index in [1.165, 1.54) is 24.3 Å². The highest BCUT2D eigenvalue weighted by Gasteiger charge is 2.22. The lowest BCUT2D eigenvalue weighted by molar-refractivity contribution is 0.0686. The third-order valence-corrected chi connectivity index (χ3v) is 4.54. The van der Waals surface area contributed by atoms with E-state index < -0.39 is 0 Å². The number of ether oxygens (including phenoxy) is 2. The molecule has 0 aliphatic carbocycles. The number of nitrogens with zero attached hydrogens (tertiary/aromatic N) is 2. The second-order valence-electron chi connectivity index (χ2n) is 6.78. The van der Waals surface area contributed by atoms with Crippen LogP contribution in [0.1, 0.15) is 29.9 Å². The van der Waals surface area contributed by atoms with E-state index in [9.17, 15) is 9.18 Å². The Morgan fingerprint density at radius 2 is 1.83 bits per heavy atom. The van der Waals surface area contributed by atoms with Crippen LogP contribution in [0.15, 0.2) is 53.1 Å². The van der Waals surface area contributed by atoms with Crippen molar-refractivity contribution >= 4 is 5.91 Å². The van der Waals surface area contributed by atoms with Crippen LogP contribution in [0.4, 0.5) is 4.39 Å². The zero-order valence-electron chi connectivity index (χ0n) is 16.8. The van der Waals surface area contributed by atoms with Gasteiger partial charge in [-0.15, -0.1) is 0 Å². The predicted molar refractivity (Wildman–Crippen MR) is 106 cm³/mol. The predicted octanol–water partition coefficient (Wildman–Crippen LogP) is 4.55. The van der Waals surface area contributed by atoms with E-state index in [4.69, 9.17) is 14.0 Å². The summed E-state index contributed by atoms with van der Waals surface area (Å²) in [6.07, 6.45) is 0. The van der Waals surface area contributed by atoms with Gasteiger partial charge in [-0.1, -0.05) is 5.16 Å². The summed E-state index contributed by atoms with van der Waals surface area (Å²) in [5.74, 6) is 1.20. The van der Waals surface area contributed by atoms with Crippen LogP contribution < -0.4 is 9.47 Å². The van der Waals surface area contributed by atoms with E-state index in [0.29, 0.717) is 34.1 Å². The van der Waals surface area contributed by atoms with Gasteiger partial charge in [0.05, 0.1) is 26.3 Å². The molecule has 29 heavy (non-hydrogen) atoms. The summed E-state index contributed by atoms with van der Waals surface area (Å²) >= 11 is 0. The Morgan fingerprint density at radius 3 is 2.45 bits per heavy atom. The van der Waals surface area contributed by atoms with Crippen LogP contribution in [0.2, 0.25) is 0 Å². The zero-order chi connectivity index (χ0) is 21.0. The van der Waals surface area contributed by atoms with Crippen LogP contribution >= 0.6 is 0 Å². The van der Waals surface area contributed by atoms with Gasteiger partial charge in [0.2, 0.25) is 0 Å². The fourth-order valence-corrected chi connectivity index (χ4v) is 2.94. The van der Waals surface area contributed by atoms with E-state index in [-0.39, 0.29) is 24.3 Å². The Bertz CT molecular complexity index is 983. The van der Waals surface area contributed by atoms with Gasteiger partial charge in [-0.25, -0.2) is 4.39 Å². The summed E-state index contributed by atoms with van der Waals surface area (Å²) in [6, 6.07) is 12.6. The number of halogens is 1. The van der Waals surface area contributed by atoms with Crippen molar-refractivity contribution in [1.82, 2.24) is 10.1 Å². The van der Waals surface area contributed by atoms with Gasteiger partial charge in [-0.2, -0.15) is 0 Å². The van der Waals surface area contributed by atoms with Crippen molar-refractivity contribution in [2.45, 2.75) is 26.4 Å². The molecule has 0 saturated carbocycles. The van der Waals surface area contributed by atoms with E-state index >= 15 is 0 Å². The molecule has 0 fully saturated rings. The fraction of sp³-hybridized carbons (Fsp3) is 0.273. The third-order valence-electron chi connectivity index (χ3n) is 4.54. The van der Waals surface area contributed by atoms with Crippen LogP contribution in [0.3, 0.4) is 0 Å². The standard InChI is InChI=1S/C22H23FN2O4/c1-14(2)25(22(26)15-5-7-16(23)8-6-15)13-17-11-21(29-24-17)19-12-18(27-3)9-10-20(19)28-4/h5-12,14H,13H2,1-4H3. The average molecular weight is 398 g/mol. The van der Waals surface area contributed by atoms with Crippen molar-refractivity contribution in [3.05, 3.63) is 65.6 Å². The number of benzene rings is 2. The number of carbonyl (C=O) groups is 1. The third kappa shape index (κ3) is 4.56. The number of hydrogen-bond donors (Lipinski definition) is 0. The highest BCUT2D eigenvalue weighted by atomic mass is 19.1. The van der Waals surface area contributed by atoms with Gasteiger partial charge in [0.25, 0.3) is 5.91 Å². The molecule has 152 valence electrons. The summed E-state index contributed by atoms with van der Waals surface area (Å²) < 4.78 is 29.3. The molecule has 1 aromatic heterocycles. The molecule has 0 spiro atoms. The largest absolute Gasteiger partial charge is 0.497 e. The molecule has 0 saturated heterocycles. The Labute approximate surface area is 168 Å². The molecule has 1 heterocycles. The number of rotatable bonds is 7. The van der Waals surface area contributed by atoms with Crippen LogP contribution in [-0.4, -0.2) is 36.2 Å². The van der Waals surface area contributed by atoms with Crippen LogP contribution in [-0.2, 0) is 6.54 Å². The summed E-state index contributed by atoms with van der Waals surface area (Å²) in [5.41, 5.74) is 1.71.